The molecule has 3 aromatic rings. The third-order valence-electron chi connectivity index (χ3n) is 5.95. The molecule has 33 heavy (non-hydrogen) atoms. The summed E-state index contributed by atoms with van der Waals surface area (Å²) < 4.78 is 39.9. The fraction of sp³-hybridized carbons (Fsp3) is 0.154. The zero-order valence-corrected chi connectivity index (χ0v) is 17.5. The molecule has 0 unspecified atom stereocenters. The van der Waals surface area contributed by atoms with E-state index in [1.54, 1.807) is 30.5 Å². The van der Waals surface area contributed by atoms with Crippen LogP contribution in [-0.4, -0.2) is 18.4 Å². The van der Waals surface area contributed by atoms with Crippen LogP contribution in [0, 0.1) is 0 Å². The van der Waals surface area contributed by atoms with Gasteiger partial charge in [0.2, 0.25) is 0 Å². The molecule has 0 radical (unpaired) electrons. The Morgan fingerprint density at radius 1 is 0.818 bits per heavy atom. The van der Waals surface area contributed by atoms with E-state index in [-0.39, 0.29) is 16.8 Å². The maximum absolute atomic E-state index is 13.6. The number of hydrogen-bond donors (Lipinski definition) is 0. The molecule has 0 spiro atoms. The first kappa shape index (κ1) is 21.0. The third-order valence-corrected chi connectivity index (χ3v) is 5.95. The number of imide groups is 1. The van der Waals surface area contributed by atoms with E-state index >= 15 is 0 Å². The summed E-state index contributed by atoms with van der Waals surface area (Å²) in [6, 6.07) is 18.9. The highest BCUT2D eigenvalue weighted by Gasteiger charge is 2.38. The van der Waals surface area contributed by atoms with Crippen LogP contribution in [0.2, 0.25) is 0 Å². The molecule has 2 amide bonds. The van der Waals surface area contributed by atoms with E-state index < -0.39 is 23.6 Å². The van der Waals surface area contributed by atoms with Crippen LogP contribution in [0.4, 0.5) is 24.5 Å². The van der Waals surface area contributed by atoms with Gasteiger partial charge in [0.15, 0.2) is 0 Å². The number of para-hydroxylation sites is 1. The Balaban J connectivity index is 1.64. The third kappa shape index (κ3) is 3.69. The average Bonchev–Trinajstić information content (AvgIpc) is 2.82. The van der Waals surface area contributed by atoms with Gasteiger partial charge in [-0.05, 0) is 48.7 Å². The van der Waals surface area contributed by atoms with Gasteiger partial charge in [-0.2, -0.15) is 13.2 Å². The Labute approximate surface area is 188 Å². The van der Waals surface area contributed by atoms with Crippen molar-refractivity contribution in [1.82, 2.24) is 0 Å². The molecule has 0 saturated carbocycles. The molecule has 2 heterocycles. The lowest BCUT2D eigenvalue weighted by molar-refractivity contribution is -0.137. The lowest BCUT2D eigenvalue weighted by Gasteiger charge is -2.32. The Morgan fingerprint density at radius 2 is 1.55 bits per heavy atom. The summed E-state index contributed by atoms with van der Waals surface area (Å²) >= 11 is 0. The molecule has 0 fully saturated rings. The number of carbonyl (C=O) groups excluding carboxylic acids is 2. The SMILES string of the molecule is O=C1C(=CN2CCCc3ccccc32)c2ccccc2C(=O)N1c1cccc(C(F)(F)F)c1. The summed E-state index contributed by atoms with van der Waals surface area (Å²) in [6.07, 6.45) is -1.06. The molecule has 166 valence electrons. The highest BCUT2D eigenvalue weighted by Crippen LogP contribution is 2.37. The zero-order valence-electron chi connectivity index (χ0n) is 17.5. The van der Waals surface area contributed by atoms with Crippen molar-refractivity contribution in [1.29, 1.82) is 0 Å². The first-order valence-electron chi connectivity index (χ1n) is 10.6. The molecule has 2 aliphatic rings. The number of carbonyl (C=O) groups is 2. The lowest BCUT2D eigenvalue weighted by atomic mass is 9.93. The van der Waals surface area contributed by atoms with Crippen LogP contribution >= 0.6 is 0 Å². The summed E-state index contributed by atoms with van der Waals surface area (Å²) in [5, 5.41) is 0. The molecule has 5 rings (SSSR count). The Hall–Kier alpha value is -3.87. The standard InChI is InChI=1S/C26H19F3N2O2/c27-26(28,29)18-9-5-10-19(15-18)31-24(32)21-12-3-2-11-20(21)22(25(31)33)16-30-14-6-8-17-7-1-4-13-23(17)30/h1-5,7,9-13,15-16H,6,8,14H2. The summed E-state index contributed by atoms with van der Waals surface area (Å²) in [7, 11) is 0. The van der Waals surface area contributed by atoms with E-state index in [0.29, 0.717) is 12.1 Å². The minimum absolute atomic E-state index is 0.112. The Morgan fingerprint density at radius 3 is 2.33 bits per heavy atom. The Bertz CT molecular complexity index is 1300. The largest absolute Gasteiger partial charge is 0.416 e. The van der Waals surface area contributed by atoms with Gasteiger partial charge in [0.05, 0.1) is 16.8 Å². The van der Waals surface area contributed by atoms with Crippen LogP contribution in [-0.2, 0) is 17.4 Å². The van der Waals surface area contributed by atoms with Gasteiger partial charge < -0.3 is 4.90 Å². The number of alkyl halides is 3. The fourth-order valence-corrected chi connectivity index (χ4v) is 4.39. The van der Waals surface area contributed by atoms with Crippen LogP contribution in [0.25, 0.3) is 5.57 Å². The highest BCUT2D eigenvalue weighted by molar-refractivity contribution is 6.41. The average molecular weight is 448 g/mol. The number of amides is 2. The maximum atomic E-state index is 13.6. The first-order valence-corrected chi connectivity index (χ1v) is 10.6. The molecule has 3 aromatic carbocycles. The van der Waals surface area contributed by atoms with E-state index in [2.05, 4.69) is 0 Å². The van der Waals surface area contributed by atoms with Crippen molar-refractivity contribution in [3.05, 3.63) is 101 Å². The van der Waals surface area contributed by atoms with Crippen LogP contribution in [0.5, 0.6) is 0 Å². The second-order valence-electron chi connectivity index (χ2n) is 8.01. The van der Waals surface area contributed by atoms with Gasteiger partial charge in [0.25, 0.3) is 11.8 Å². The molecular formula is C26H19F3N2O2. The van der Waals surface area contributed by atoms with E-state index in [0.717, 1.165) is 41.1 Å². The summed E-state index contributed by atoms with van der Waals surface area (Å²) in [5.41, 5.74) is 2.10. The van der Waals surface area contributed by atoms with Gasteiger partial charge in [0, 0.05) is 29.6 Å². The molecule has 0 aromatic heterocycles. The fourth-order valence-electron chi connectivity index (χ4n) is 4.39. The second kappa shape index (κ2) is 7.92. The number of benzene rings is 3. The van der Waals surface area contributed by atoms with E-state index in [9.17, 15) is 22.8 Å². The van der Waals surface area contributed by atoms with E-state index in [1.807, 2.05) is 29.2 Å². The van der Waals surface area contributed by atoms with Gasteiger partial charge in [-0.15, -0.1) is 0 Å². The maximum Gasteiger partial charge on any atom is 0.416 e. The van der Waals surface area contributed by atoms with Crippen molar-refractivity contribution in [3.63, 3.8) is 0 Å². The van der Waals surface area contributed by atoms with Crippen molar-refractivity contribution in [2.45, 2.75) is 19.0 Å². The number of fused-ring (bicyclic) bond motifs is 2. The van der Waals surface area contributed by atoms with Crippen LogP contribution < -0.4 is 9.80 Å². The monoisotopic (exact) mass is 448 g/mol. The first-order chi connectivity index (χ1) is 15.8. The van der Waals surface area contributed by atoms with Crippen molar-refractivity contribution in [2.24, 2.45) is 0 Å². The normalized spacial score (nSPS) is 17.2. The highest BCUT2D eigenvalue weighted by atomic mass is 19.4. The molecule has 0 N–H and O–H groups in total. The van der Waals surface area contributed by atoms with Crippen molar-refractivity contribution in [2.75, 3.05) is 16.3 Å². The quantitative estimate of drug-likeness (QED) is 0.374. The van der Waals surface area contributed by atoms with Gasteiger partial charge in [-0.3, -0.25) is 9.59 Å². The summed E-state index contributed by atoms with van der Waals surface area (Å²) in [6.45, 7) is 0.688. The number of anilines is 2. The van der Waals surface area contributed by atoms with Gasteiger partial charge in [-0.25, -0.2) is 4.90 Å². The van der Waals surface area contributed by atoms with E-state index in [1.165, 1.54) is 12.1 Å². The molecule has 0 saturated heterocycles. The predicted molar refractivity (Wildman–Crippen MR) is 120 cm³/mol. The van der Waals surface area contributed by atoms with Gasteiger partial charge >= 0.3 is 6.18 Å². The van der Waals surface area contributed by atoms with Gasteiger partial charge in [-0.1, -0.05) is 42.5 Å². The molecule has 4 nitrogen and oxygen atoms in total. The Kier molecular flexibility index (Phi) is 5.04. The van der Waals surface area contributed by atoms with Crippen LogP contribution in [0.1, 0.15) is 33.5 Å². The number of halogens is 3. The topological polar surface area (TPSA) is 40.6 Å². The lowest BCUT2D eigenvalue weighted by Crippen LogP contribution is -2.42. The number of nitrogens with zero attached hydrogens (tertiary/aromatic N) is 2. The molecule has 7 heteroatoms. The molecule has 2 aliphatic heterocycles. The molecule has 0 aliphatic carbocycles. The number of aryl methyl sites for hydroxylation is 1. The zero-order chi connectivity index (χ0) is 23.2. The molecule has 0 bridgehead atoms. The smallest absolute Gasteiger partial charge is 0.347 e. The predicted octanol–water partition coefficient (Wildman–Crippen LogP) is 5.69. The number of hydrogen-bond acceptors (Lipinski definition) is 3. The second-order valence-corrected chi connectivity index (χ2v) is 8.01. The minimum atomic E-state index is -4.59. The van der Waals surface area contributed by atoms with Crippen molar-refractivity contribution in [3.8, 4) is 0 Å². The van der Waals surface area contributed by atoms with Crippen molar-refractivity contribution < 1.29 is 22.8 Å². The summed E-state index contributed by atoms with van der Waals surface area (Å²) in [5.74, 6) is -1.30. The molecule has 0 atom stereocenters. The van der Waals surface area contributed by atoms with Crippen molar-refractivity contribution >= 4 is 28.8 Å². The van der Waals surface area contributed by atoms with Gasteiger partial charge in [0.1, 0.15) is 0 Å². The number of rotatable bonds is 2. The molecular weight excluding hydrogens is 429 g/mol. The minimum Gasteiger partial charge on any atom is -0.347 e. The van der Waals surface area contributed by atoms with Crippen LogP contribution in [0.15, 0.2) is 79.0 Å². The van der Waals surface area contributed by atoms with E-state index in [4.69, 9.17) is 0 Å². The summed E-state index contributed by atoms with van der Waals surface area (Å²) in [4.78, 5) is 29.6. The van der Waals surface area contributed by atoms with Crippen LogP contribution in [0.3, 0.4) is 0 Å².